The van der Waals surface area contributed by atoms with E-state index in [0.29, 0.717) is 18.7 Å². The van der Waals surface area contributed by atoms with Gasteiger partial charge in [0, 0.05) is 24.6 Å². The van der Waals surface area contributed by atoms with Gasteiger partial charge in [0.2, 0.25) is 5.91 Å². The first kappa shape index (κ1) is 16.9. The van der Waals surface area contributed by atoms with Crippen LogP contribution in [0.4, 0.5) is 0 Å². The minimum absolute atomic E-state index is 0.0479. The number of nitrogens with one attached hydrogen (secondary N) is 1. The van der Waals surface area contributed by atoms with Gasteiger partial charge < -0.3 is 9.73 Å². The van der Waals surface area contributed by atoms with Crippen molar-refractivity contribution in [2.75, 3.05) is 0 Å². The van der Waals surface area contributed by atoms with Gasteiger partial charge in [-0.15, -0.1) is 0 Å². The largest absolute Gasteiger partial charge is 0.441 e. The van der Waals surface area contributed by atoms with E-state index in [-0.39, 0.29) is 11.9 Å². The molecule has 5 nitrogen and oxygen atoms in total. The van der Waals surface area contributed by atoms with Gasteiger partial charge in [-0.3, -0.25) is 9.78 Å². The molecule has 2 aromatic heterocycles. The number of aryl methyl sites for hydroxylation is 2. The number of nitrogens with zero attached hydrogens (tertiary/aromatic N) is 2. The van der Waals surface area contributed by atoms with Crippen molar-refractivity contribution < 1.29 is 9.21 Å². The van der Waals surface area contributed by atoms with E-state index in [2.05, 4.69) is 15.3 Å². The standard InChI is InChI=1S/C20H21N3O2/c1-14-6-8-16(9-7-14)18-13-22-20(25-18)11-10-19(24)23-15(2)17-5-3-4-12-21-17/h3-9,12-13,15H,10-11H2,1-2H3,(H,23,24). The molecule has 3 aromatic rings. The first-order valence-corrected chi connectivity index (χ1v) is 8.34. The molecule has 0 spiro atoms. The zero-order valence-corrected chi connectivity index (χ0v) is 14.4. The van der Waals surface area contributed by atoms with Crippen LogP contribution < -0.4 is 5.32 Å². The van der Waals surface area contributed by atoms with Crippen LogP contribution in [0.2, 0.25) is 0 Å². The normalized spacial score (nSPS) is 11.9. The Bertz CT molecular complexity index is 826. The predicted molar refractivity (Wildman–Crippen MR) is 95.8 cm³/mol. The molecule has 1 unspecified atom stereocenters. The van der Waals surface area contributed by atoms with Gasteiger partial charge >= 0.3 is 0 Å². The number of benzene rings is 1. The summed E-state index contributed by atoms with van der Waals surface area (Å²) in [5.41, 5.74) is 3.02. The lowest BCUT2D eigenvalue weighted by atomic mass is 10.1. The Morgan fingerprint density at radius 2 is 1.96 bits per heavy atom. The van der Waals surface area contributed by atoms with Crippen LogP contribution in [-0.4, -0.2) is 15.9 Å². The van der Waals surface area contributed by atoms with Gasteiger partial charge in [0.25, 0.3) is 0 Å². The van der Waals surface area contributed by atoms with E-state index in [1.54, 1.807) is 12.4 Å². The number of hydrogen-bond donors (Lipinski definition) is 1. The van der Waals surface area contributed by atoms with Crippen molar-refractivity contribution in [2.24, 2.45) is 0 Å². The number of oxazole rings is 1. The minimum Gasteiger partial charge on any atom is -0.441 e. The quantitative estimate of drug-likeness (QED) is 0.743. The summed E-state index contributed by atoms with van der Waals surface area (Å²) >= 11 is 0. The van der Waals surface area contributed by atoms with E-state index < -0.39 is 0 Å². The van der Waals surface area contributed by atoms with Crippen molar-refractivity contribution in [1.29, 1.82) is 0 Å². The summed E-state index contributed by atoms with van der Waals surface area (Å²) in [5.74, 6) is 1.24. The van der Waals surface area contributed by atoms with Gasteiger partial charge in [-0.05, 0) is 26.0 Å². The molecule has 0 aliphatic rings. The van der Waals surface area contributed by atoms with Gasteiger partial charge in [-0.2, -0.15) is 0 Å². The van der Waals surface area contributed by atoms with Crippen molar-refractivity contribution in [3.05, 3.63) is 72.0 Å². The Kier molecular flexibility index (Phi) is 5.23. The molecule has 25 heavy (non-hydrogen) atoms. The number of rotatable bonds is 6. The van der Waals surface area contributed by atoms with E-state index in [9.17, 15) is 4.79 Å². The van der Waals surface area contributed by atoms with Gasteiger partial charge in [0.05, 0.1) is 17.9 Å². The zero-order chi connectivity index (χ0) is 17.6. The molecule has 5 heteroatoms. The van der Waals surface area contributed by atoms with Crippen LogP contribution in [-0.2, 0) is 11.2 Å². The topological polar surface area (TPSA) is 68.0 Å². The van der Waals surface area contributed by atoms with Crippen molar-refractivity contribution in [2.45, 2.75) is 32.7 Å². The molecule has 1 aromatic carbocycles. The summed E-state index contributed by atoms with van der Waals surface area (Å²) in [6.45, 7) is 3.96. The molecule has 0 fully saturated rings. The van der Waals surface area contributed by atoms with Gasteiger partial charge in [0.1, 0.15) is 0 Å². The Balaban J connectivity index is 1.53. The lowest BCUT2D eigenvalue weighted by molar-refractivity contribution is -0.121. The van der Waals surface area contributed by atoms with Gasteiger partial charge in [-0.1, -0.05) is 35.9 Å². The molecule has 0 saturated carbocycles. The molecule has 2 heterocycles. The lowest BCUT2D eigenvalue weighted by Gasteiger charge is -2.12. The van der Waals surface area contributed by atoms with E-state index in [1.165, 1.54) is 5.56 Å². The second kappa shape index (κ2) is 7.75. The van der Waals surface area contributed by atoms with E-state index in [1.807, 2.05) is 56.3 Å². The Morgan fingerprint density at radius 1 is 1.16 bits per heavy atom. The molecule has 0 bridgehead atoms. The third-order valence-corrected chi connectivity index (χ3v) is 3.96. The highest BCUT2D eigenvalue weighted by molar-refractivity contribution is 5.76. The summed E-state index contributed by atoms with van der Waals surface area (Å²) in [6, 6.07) is 13.6. The number of aromatic nitrogens is 2. The molecule has 1 N–H and O–H groups in total. The molecule has 0 aliphatic heterocycles. The predicted octanol–water partition coefficient (Wildman–Crippen LogP) is 3.86. The van der Waals surface area contributed by atoms with Crippen LogP contribution in [0.3, 0.4) is 0 Å². The average molecular weight is 335 g/mol. The fraction of sp³-hybridized carbons (Fsp3) is 0.250. The molecule has 0 radical (unpaired) electrons. The van der Waals surface area contributed by atoms with Gasteiger partial charge in [-0.25, -0.2) is 4.98 Å². The molecule has 1 atom stereocenters. The maximum absolute atomic E-state index is 12.1. The molecule has 1 amide bonds. The third-order valence-electron chi connectivity index (χ3n) is 3.96. The summed E-state index contributed by atoms with van der Waals surface area (Å²) in [4.78, 5) is 20.6. The highest BCUT2D eigenvalue weighted by atomic mass is 16.4. The summed E-state index contributed by atoms with van der Waals surface area (Å²) < 4.78 is 5.75. The molecule has 128 valence electrons. The average Bonchev–Trinajstić information content (AvgIpc) is 3.10. The minimum atomic E-state index is -0.124. The summed E-state index contributed by atoms with van der Waals surface area (Å²) in [7, 11) is 0. The van der Waals surface area contributed by atoms with Crippen LogP contribution >= 0.6 is 0 Å². The smallest absolute Gasteiger partial charge is 0.221 e. The van der Waals surface area contributed by atoms with Crippen molar-refractivity contribution in [3.8, 4) is 11.3 Å². The first-order chi connectivity index (χ1) is 12.1. The summed E-state index contributed by atoms with van der Waals surface area (Å²) in [5, 5.41) is 2.94. The van der Waals surface area contributed by atoms with E-state index >= 15 is 0 Å². The number of amides is 1. The monoisotopic (exact) mass is 335 g/mol. The molecular weight excluding hydrogens is 314 g/mol. The van der Waals surface area contributed by atoms with Crippen LogP contribution in [0.1, 0.15) is 36.5 Å². The fourth-order valence-corrected chi connectivity index (χ4v) is 2.52. The van der Waals surface area contributed by atoms with Crippen molar-refractivity contribution in [3.63, 3.8) is 0 Å². The van der Waals surface area contributed by atoms with E-state index in [0.717, 1.165) is 17.0 Å². The SMILES string of the molecule is Cc1ccc(-c2cnc(CCC(=O)NC(C)c3ccccn3)o2)cc1. The first-order valence-electron chi connectivity index (χ1n) is 8.34. The number of carbonyl (C=O) groups is 1. The molecule has 0 saturated heterocycles. The highest BCUT2D eigenvalue weighted by Gasteiger charge is 2.12. The Hall–Kier alpha value is -2.95. The number of hydrogen-bond acceptors (Lipinski definition) is 4. The zero-order valence-electron chi connectivity index (χ0n) is 14.4. The maximum atomic E-state index is 12.1. The number of carbonyl (C=O) groups excluding carboxylic acids is 1. The van der Waals surface area contributed by atoms with E-state index in [4.69, 9.17) is 4.42 Å². The van der Waals surface area contributed by atoms with Gasteiger partial charge in [0.15, 0.2) is 11.7 Å². The van der Waals surface area contributed by atoms with Crippen LogP contribution in [0.25, 0.3) is 11.3 Å². The Labute approximate surface area is 147 Å². The second-order valence-electron chi connectivity index (χ2n) is 6.03. The highest BCUT2D eigenvalue weighted by Crippen LogP contribution is 2.21. The molecule has 3 rings (SSSR count). The summed E-state index contributed by atoms with van der Waals surface area (Å²) in [6.07, 6.45) is 4.21. The fourth-order valence-electron chi connectivity index (χ4n) is 2.52. The van der Waals surface area contributed by atoms with Crippen LogP contribution in [0.5, 0.6) is 0 Å². The van der Waals surface area contributed by atoms with Crippen molar-refractivity contribution in [1.82, 2.24) is 15.3 Å². The second-order valence-corrected chi connectivity index (χ2v) is 6.03. The van der Waals surface area contributed by atoms with Crippen molar-refractivity contribution >= 4 is 5.91 Å². The van der Waals surface area contributed by atoms with Crippen LogP contribution in [0, 0.1) is 6.92 Å². The molecular formula is C20H21N3O2. The third kappa shape index (κ3) is 4.53. The molecule has 0 aliphatic carbocycles. The number of pyridine rings is 1. The maximum Gasteiger partial charge on any atom is 0.221 e. The van der Waals surface area contributed by atoms with Crippen LogP contribution in [0.15, 0.2) is 59.3 Å². The lowest BCUT2D eigenvalue weighted by Crippen LogP contribution is -2.27. The Morgan fingerprint density at radius 3 is 2.68 bits per heavy atom.